The van der Waals surface area contributed by atoms with Crippen molar-refractivity contribution in [3.8, 4) is 0 Å². The molecule has 0 spiro atoms. The number of nitrogens with one attached hydrogen (secondary N) is 1. The van der Waals surface area contributed by atoms with E-state index < -0.39 is 0 Å². The lowest BCUT2D eigenvalue weighted by molar-refractivity contribution is 0.0985. The van der Waals surface area contributed by atoms with Crippen molar-refractivity contribution < 1.29 is 9.32 Å². The second-order valence-corrected chi connectivity index (χ2v) is 6.17. The summed E-state index contributed by atoms with van der Waals surface area (Å²) in [6, 6.07) is 7.90. The van der Waals surface area contributed by atoms with E-state index in [0.29, 0.717) is 11.7 Å². The van der Waals surface area contributed by atoms with Crippen molar-refractivity contribution in [2.24, 2.45) is 0 Å². The predicted octanol–water partition coefficient (Wildman–Crippen LogP) is 3.57. The van der Waals surface area contributed by atoms with Crippen LogP contribution in [-0.2, 0) is 19.4 Å². The van der Waals surface area contributed by atoms with Crippen LogP contribution < -0.4 is 5.32 Å². The number of aromatic nitrogens is 3. The molecule has 1 amide bonds. The van der Waals surface area contributed by atoms with Gasteiger partial charge in [0.1, 0.15) is 0 Å². The third kappa shape index (κ3) is 2.48. The van der Waals surface area contributed by atoms with Gasteiger partial charge in [-0.25, -0.2) is 4.98 Å². The summed E-state index contributed by atoms with van der Waals surface area (Å²) in [4.78, 5) is 17.2. The average Bonchev–Trinajstić information content (AvgIpc) is 3.17. The zero-order chi connectivity index (χ0) is 16.5. The van der Waals surface area contributed by atoms with E-state index in [1.807, 2.05) is 28.8 Å². The molecule has 1 aliphatic carbocycles. The van der Waals surface area contributed by atoms with Crippen molar-refractivity contribution in [1.82, 2.24) is 14.7 Å². The summed E-state index contributed by atoms with van der Waals surface area (Å²) in [6.45, 7) is 2.90. The van der Waals surface area contributed by atoms with Crippen LogP contribution in [-0.4, -0.2) is 20.6 Å². The number of carbonyl (C=O) groups excluding carboxylic acids is 1. The monoisotopic (exact) mass is 324 g/mol. The first-order valence-electron chi connectivity index (χ1n) is 8.52. The first kappa shape index (κ1) is 14.9. The van der Waals surface area contributed by atoms with Crippen molar-refractivity contribution >= 4 is 22.9 Å². The first-order chi connectivity index (χ1) is 11.8. The van der Waals surface area contributed by atoms with E-state index in [9.17, 15) is 4.79 Å². The lowest BCUT2D eigenvalue weighted by Gasteiger charge is -2.10. The molecule has 1 N–H and O–H groups in total. The summed E-state index contributed by atoms with van der Waals surface area (Å²) in [5.41, 5.74) is 3.78. The lowest BCUT2D eigenvalue weighted by atomic mass is 9.96. The van der Waals surface area contributed by atoms with E-state index in [0.717, 1.165) is 60.9 Å². The molecule has 0 atom stereocenters. The summed E-state index contributed by atoms with van der Waals surface area (Å²) in [7, 11) is 0. The highest BCUT2D eigenvalue weighted by molar-refractivity contribution is 6.03. The van der Waals surface area contributed by atoms with Crippen LogP contribution in [0.5, 0.6) is 0 Å². The lowest BCUT2D eigenvalue weighted by Crippen LogP contribution is -2.17. The minimum atomic E-state index is -0.265. The highest BCUT2D eigenvalue weighted by Gasteiger charge is 2.25. The summed E-state index contributed by atoms with van der Waals surface area (Å²) < 4.78 is 7.36. The van der Waals surface area contributed by atoms with E-state index >= 15 is 0 Å². The number of nitrogens with zero attached hydrogens (tertiary/aromatic N) is 3. The number of anilines is 1. The number of amides is 1. The zero-order valence-corrected chi connectivity index (χ0v) is 13.7. The summed E-state index contributed by atoms with van der Waals surface area (Å²) >= 11 is 0. The average molecular weight is 324 g/mol. The molecule has 0 fully saturated rings. The van der Waals surface area contributed by atoms with Crippen LogP contribution >= 0.6 is 0 Å². The Morgan fingerprint density at radius 3 is 3.00 bits per heavy atom. The largest absolute Gasteiger partial charge is 0.350 e. The molecule has 1 aliphatic rings. The van der Waals surface area contributed by atoms with Crippen LogP contribution in [0.2, 0.25) is 0 Å². The highest BCUT2D eigenvalue weighted by Crippen LogP contribution is 2.25. The fourth-order valence-electron chi connectivity index (χ4n) is 3.35. The number of hydrogen-bond donors (Lipinski definition) is 1. The van der Waals surface area contributed by atoms with Gasteiger partial charge in [0.2, 0.25) is 11.7 Å². The number of hydrogen-bond acceptors (Lipinski definition) is 4. The molecule has 6 heteroatoms. The Morgan fingerprint density at radius 2 is 2.12 bits per heavy atom. The standard InChI is InChI=1S/C18H20N4O2/c1-2-11-22-15-10-6-5-9-14(15)19-18(22)20-17(23)16-12-7-3-4-8-13(12)21-24-16/h5-6,9-10H,2-4,7-8,11H2,1H3,(H,19,20,23). The molecular formula is C18H20N4O2. The fraction of sp³-hybridized carbons (Fsp3) is 0.389. The number of benzene rings is 1. The van der Waals surface area contributed by atoms with Gasteiger partial charge in [-0.15, -0.1) is 0 Å². The van der Waals surface area contributed by atoms with Gasteiger partial charge in [-0.3, -0.25) is 10.1 Å². The smallest absolute Gasteiger partial charge is 0.296 e. The number of carbonyl (C=O) groups is 1. The Balaban J connectivity index is 1.67. The van der Waals surface area contributed by atoms with Crippen molar-refractivity contribution in [3.63, 3.8) is 0 Å². The Bertz CT molecular complexity index is 894. The molecule has 4 rings (SSSR count). The number of fused-ring (bicyclic) bond motifs is 2. The van der Waals surface area contributed by atoms with Gasteiger partial charge in [-0.05, 0) is 44.2 Å². The molecule has 24 heavy (non-hydrogen) atoms. The van der Waals surface area contributed by atoms with Crippen molar-refractivity contribution in [3.05, 3.63) is 41.3 Å². The van der Waals surface area contributed by atoms with Crippen LogP contribution in [0.4, 0.5) is 5.95 Å². The molecule has 3 aromatic rings. The van der Waals surface area contributed by atoms with Gasteiger partial charge in [-0.2, -0.15) is 0 Å². The molecular weight excluding hydrogens is 304 g/mol. The van der Waals surface area contributed by atoms with Crippen molar-refractivity contribution in [2.75, 3.05) is 5.32 Å². The van der Waals surface area contributed by atoms with E-state index in [-0.39, 0.29) is 5.91 Å². The second-order valence-electron chi connectivity index (χ2n) is 6.17. The maximum Gasteiger partial charge on any atom is 0.296 e. The summed E-state index contributed by atoms with van der Waals surface area (Å²) in [5, 5.41) is 6.97. The van der Waals surface area contributed by atoms with Gasteiger partial charge in [0.15, 0.2) is 0 Å². The van der Waals surface area contributed by atoms with Gasteiger partial charge in [0.25, 0.3) is 5.91 Å². The van der Waals surface area contributed by atoms with Gasteiger partial charge in [0.05, 0.1) is 16.7 Å². The topological polar surface area (TPSA) is 73.0 Å². The minimum Gasteiger partial charge on any atom is -0.350 e. The second kappa shape index (κ2) is 6.11. The molecule has 0 radical (unpaired) electrons. The van der Waals surface area contributed by atoms with Crippen LogP contribution in [0.3, 0.4) is 0 Å². The Morgan fingerprint density at radius 1 is 1.29 bits per heavy atom. The Kier molecular flexibility index (Phi) is 3.80. The normalized spacial score (nSPS) is 13.9. The molecule has 124 valence electrons. The predicted molar refractivity (Wildman–Crippen MR) is 91.1 cm³/mol. The number of para-hydroxylation sites is 2. The van der Waals surface area contributed by atoms with Crippen LogP contribution in [0.25, 0.3) is 11.0 Å². The van der Waals surface area contributed by atoms with E-state index in [4.69, 9.17) is 4.52 Å². The summed E-state index contributed by atoms with van der Waals surface area (Å²) in [6.07, 6.45) is 4.88. The fourth-order valence-corrected chi connectivity index (χ4v) is 3.35. The summed E-state index contributed by atoms with van der Waals surface area (Å²) in [5.74, 6) is 0.627. The van der Waals surface area contributed by atoms with E-state index in [2.05, 4.69) is 22.4 Å². The number of rotatable bonds is 4. The van der Waals surface area contributed by atoms with Crippen molar-refractivity contribution in [1.29, 1.82) is 0 Å². The first-order valence-corrected chi connectivity index (χ1v) is 8.52. The van der Waals surface area contributed by atoms with E-state index in [1.165, 1.54) is 0 Å². The molecule has 6 nitrogen and oxygen atoms in total. The van der Waals surface area contributed by atoms with E-state index in [1.54, 1.807) is 0 Å². The molecule has 0 bridgehead atoms. The molecule has 0 unspecified atom stereocenters. The minimum absolute atomic E-state index is 0.265. The molecule has 2 aromatic heterocycles. The Labute approximate surface area is 139 Å². The van der Waals surface area contributed by atoms with Crippen LogP contribution in [0.15, 0.2) is 28.8 Å². The third-order valence-corrected chi connectivity index (χ3v) is 4.49. The maximum atomic E-state index is 12.7. The number of imidazole rings is 1. The van der Waals surface area contributed by atoms with Gasteiger partial charge < -0.3 is 9.09 Å². The molecule has 1 aromatic carbocycles. The molecule has 0 saturated carbocycles. The maximum absolute atomic E-state index is 12.7. The SMILES string of the molecule is CCCn1c(NC(=O)c2onc3c2CCCC3)nc2ccccc21. The van der Waals surface area contributed by atoms with Crippen molar-refractivity contribution in [2.45, 2.75) is 45.6 Å². The quantitative estimate of drug-likeness (QED) is 0.796. The Hall–Kier alpha value is -2.63. The molecule has 2 heterocycles. The molecule has 0 saturated heterocycles. The molecule has 0 aliphatic heterocycles. The van der Waals surface area contributed by atoms with Crippen LogP contribution in [0, 0.1) is 0 Å². The highest BCUT2D eigenvalue weighted by atomic mass is 16.5. The van der Waals surface area contributed by atoms with Gasteiger partial charge in [0, 0.05) is 12.1 Å². The number of aryl methyl sites for hydroxylation is 2. The van der Waals surface area contributed by atoms with Gasteiger partial charge in [-0.1, -0.05) is 24.2 Å². The zero-order valence-electron chi connectivity index (χ0n) is 13.7. The van der Waals surface area contributed by atoms with Gasteiger partial charge >= 0.3 is 0 Å². The third-order valence-electron chi connectivity index (χ3n) is 4.49. The van der Waals surface area contributed by atoms with Crippen LogP contribution in [0.1, 0.15) is 48.0 Å².